The average molecular weight is 386 g/mol. The molecule has 4 rings (SSSR count). The summed E-state index contributed by atoms with van der Waals surface area (Å²) in [7, 11) is 0. The van der Waals surface area contributed by atoms with Gasteiger partial charge in [-0.25, -0.2) is 8.78 Å². The third kappa shape index (κ3) is 4.45. The quantitative estimate of drug-likeness (QED) is 0.648. The molecule has 28 heavy (non-hydrogen) atoms. The number of rotatable bonds is 6. The van der Waals surface area contributed by atoms with Gasteiger partial charge in [-0.1, -0.05) is 17.3 Å². The molecule has 2 aromatic carbocycles. The lowest BCUT2D eigenvalue weighted by atomic mass is 10.2. The molecular formula is C20H20F2N4O2. The Labute approximate surface area is 161 Å². The molecule has 1 fully saturated rings. The van der Waals surface area contributed by atoms with Crippen molar-refractivity contribution in [2.24, 2.45) is 0 Å². The van der Waals surface area contributed by atoms with E-state index in [1.165, 1.54) is 18.2 Å². The minimum absolute atomic E-state index is 0.149. The summed E-state index contributed by atoms with van der Waals surface area (Å²) in [5.41, 5.74) is 0.639. The predicted molar refractivity (Wildman–Crippen MR) is 98.9 cm³/mol. The Bertz CT molecular complexity index is 909. The zero-order valence-electron chi connectivity index (χ0n) is 15.2. The van der Waals surface area contributed by atoms with E-state index in [2.05, 4.69) is 15.0 Å². The minimum Gasteiger partial charge on any atom is -0.485 e. The zero-order valence-corrected chi connectivity index (χ0v) is 15.2. The van der Waals surface area contributed by atoms with Gasteiger partial charge in [-0.15, -0.1) is 0 Å². The van der Waals surface area contributed by atoms with Crippen LogP contribution in [0.4, 0.5) is 14.5 Å². The zero-order chi connectivity index (χ0) is 19.3. The Kier molecular flexibility index (Phi) is 5.48. The Balaban J connectivity index is 1.26. The van der Waals surface area contributed by atoms with E-state index < -0.39 is 0 Å². The van der Waals surface area contributed by atoms with Crippen LogP contribution in [0.2, 0.25) is 0 Å². The number of para-hydroxylation sites is 1. The van der Waals surface area contributed by atoms with Gasteiger partial charge in [0.1, 0.15) is 17.4 Å². The fourth-order valence-electron chi connectivity index (χ4n) is 3.14. The molecule has 0 atom stereocenters. The SMILES string of the molecule is Fc1ccc(OCc2noc(CN3CCN(c4ccccc4F)CC3)n2)cc1. The number of anilines is 1. The number of piperazine rings is 1. The van der Waals surface area contributed by atoms with Crippen LogP contribution in [0.15, 0.2) is 53.1 Å². The van der Waals surface area contributed by atoms with Gasteiger partial charge in [-0.05, 0) is 36.4 Å². The maximum atomic E-state index is 13.9. The van der Waals surface area contributed by atoms with Crippen LogP contribution in [0.1, 0.15) is 11.7 Å². The van der Waals surface area contributed by atoms with Crippen LogP contribution in [0.25, 0.3) is 0 Å². The lowest BCUT2D eigenvalue weighted by Gasteiger charge is -2.35. The summed E-state index contributed by atoms with van der Waals surface area (Å²) in [5.74, 6) is 0.973. The van der Waals surface area contributed by atoms with Crippen molar-refractivity contribution in [2.45, 2.75) is 13.2 Å². The molecular weight excluding hydrogens is 366 g/mol. The first kappa shape index (κ1) is 18.4. The lowest BCUT2D eigenvalue weighted by molar-refractivity contribution is 0.214. The van der Waals surface area contributed by atoms with Gasteiger partial charge in [-0.2, -0.15) is 4.98 Å². The van der Waals surface area contributed by atoms with E-state index in [0.29, 0.717) is 29.7 Å². The van der Waals surface area contributed by atoms with Crippen molar-refractivity contribution in [1.29, 1.82) is 0 Å². The van der Waals surface area contributed by atoms with Crippen molar-refractivity contribution in [1.82, 2.24) is 15.0 Å². The molecule has 0 bridgehead atoms. The summed E-state index contributed by atoms with van der Waals surface area (Å²) < 4.78 is 37.6. The van der Waals surface area contributed by atoms with Gasteiger partial charge >= 0.3 is 0 Å². The van der Waals surface area contributed by atoms with Crippen LogP contribution in [-0.4, -0.2) is 41.2 Å². The normalized spacial score (nSPS) is 15.0. The third-order valence-corrected chi connectivity index (χ3v) is 4.62. The fourth-order valence-corrected chi connectivity index (χ4v) is 3.14. The first-order valence-corrected chi connectivity index (χ1v) is 9.09. The van der Waals surface area contributed by atoms with E-state index >= 15 is 0 Å². The van der Waals surface area contributed by atoms with Crippen LogP contribution in [-0.2, 0) is 13.2 Å². The van der Waals surface area contributed by atoms with Crippen LogP contribution in [0.5, 0.6) is 5.75 Å². The van der Waals surface area contributed by atoms with Gasteiger partial charge in [0, 0.05) is 26.2 Å². The molecule has 0 amide bonds. The topological polar surface area (TPSA) is 54.6 Å². The van der Waals surface area contributed by atoms with Gasteiger partial charge in [-0.3, -0.25) is 4.90 Å². The molecule has 0 N–H and O–H groups in total. The minimum atomic E-state index is -0.315. The van der Waals surface area contributed by atoms with Gasteiger partial charge in [0.05, 0.1) is 12.2 Å². The Morgan fingerprint density at radius 2 is 1.71 bits per heavy atom. The second-order valence-electron chi connectivity index (χ2n) is 6.56. The van der Waals surface area contributed by atoms with E-state index in [1.807, 2.05) is 11.0 Å². The van der Waals surface area contributed by atoms with Crippen molar-refractivity contribution in [2.75, 3.05) is 31.1 Å². The fraction of sp³-hybridized carbons (Fsp3) is 0.300. The number of benzene rings is 2. The summed E-state index contributed by atoms with van der Waals surface area (Å²) in [6, 6.07) is 12.6. The average Bonchev–Trinajstić information content (AvgIpc) is 3.16. The highest BCUT2D eigenvalue weighted by Gasteiger charge is 2.21. The molecule has 8 heteroatoms. The lowest BCUT2D eigenvalue weighted by Crippen LogP contribution is -2.46. The van der Waals surface area contributed by atoms with Crippen molar-refractivity contribution < 1.29 is 18.0 Å². The largest absolute Gasteiger partial charge is 0.485 e. The highest BCUT2D eigenvalue weighted by Crippen LogP contribution is 2.20. The maximum absolute atomic E-state index is 13.9. The highest BCUT2D eigenvalue weighted by molar-refractivity contribution is 5.47. The highest BCUT2D eigenvalue weighted by atomic mass is 19.1. The molecule has 0 saturated carbocycles. The number of hydrogen-bond donors (Lipinski definition) is 0. The van der Waals surface area contributed by atoms with Crippen molar-refractivity contribution in [3.05, 3.63) is 71.9 Å². The number of nitrogens with zero attached hydrogens (tertiary/aromatic N) is 4. The molecule has 146 valence electrons. The number of aromatic nitrogens is 2. The maximum Gasteiger partial charge on any atom is 0.240 e. The van der Waals surface area contributed by atoms with Crippen molar-refractivity contribution in [3.8, 4) is 5.75 Å². The predicted octanol–water partition coefficient (Wildman–Crippen LogP) is 3.25. The summed E-state index contributed by atoms with van der Waals surface area (Å²) in [4.78, 5) is 8.57. The first-order valence-electron chi connectivity index (χ1n) is 9.09. The van der Waals surface area contributed by atoms with Crippen molar-refractivity contribution >= 4 is 5.69 Å². The first-order chi connectivity index (χ1) is 13.7. The molecule has 2 heterocycles. The standard InChI is InChI=1S/C20H20F2N4O2/c21-15-5-7-16(8-6-15)27-14-19-23-20(28-24-19)13-25-9-11-26(12-10-25)18-4-2-1-3-17(18)22/h1-8H,9-14H2. The van der Waals surface area contributed by atoms with Crippen LogP contribution in [0, 0.1) is 11.6 Å². The summed E-state index contributed by atoms with van der Waals surface area (Å²) >= 11 is 0. The number of halogens is 2. The van der Waals surface area contributed by atoms with E-state index in [1.54, 1.807) is 24.3 Å². The Hall–Kier alpha value is -3.00. The molecule has 0 radical (unpaired) electrons. The monoisotopic (exact) mass is 386 g/mol. The van der Waals surface area contributed by atoms with Crippen LogP contribution < -0.4 is 9.64 Å². The smallest absolute Gasteiger partial charge is 0.240 e. The van der Waals surface area contributed by atoms with Gasteiger partial charge in [0.2, 0.25) is 11.7 Å². The summed E-state index contributed by atoms with van der Waals surface area (Å²) in [6.45, 7) is 3.70. The van der Waals surface area contributed by atoms with Gasteiger partial charge in [0.25, 0.3) is 0 Å². The van der Waals surface area contributed by atoms with Gasteiger partial charge in [0.15, 0.2) is 6.61 Å². The summed E-state index contributed by atoms with van der Waals surface area (Å²) in [6.07, 6.45) is 0. The Morgan fingerprint density at radius 3 is 2.46 bits per heavy atom. The molecule has 0 unspecified atom stereocenters. The van der Waals surface area contributed by atoms with E-state index in [9.17, 15) is 8.78 Å². The summed E-state index contributed by atoms with van der Waals surface area (Å²) in [5, 5.41) is 3.92. The third-order valence-electron chi connectivity index (χ3n) is 4.62. The van der Waals surface area contributed by atoms with Crippen molar-refractivity contribution in [3.63, 3.8) is 0 Å². The molecule has 6 nitrogen and oxygen atoms in total. The van der Waals surface area contributed by atoms with E-state index in [4.69, 9.17) is 9.26 Å². The molecule has 1 saturated heterocycles. The number of ether oxygens (including phenoxy) is 1. The Morgan fingerprint density at radius 1 is 0.964 bits per heavy atom. The molecule has 0 spiro atoms. The molecule has 0 aliphatic carbocycles. The molecule has 1 aromatic heterocycles. The van der Waals surface area contributed by atoms with E-state index in [0.717, 1.165) is 26.2 Å². The molecule has 1 aliphatic rings. The van der Waals surface area contributed by atoms with Gasteiger partial charge < -0.3 is 14.2 Å². The number of hydrogen-bond acceptors (Lipinski definition) is 6. The molecule has 3 aromatic rings. The van der Waals surface area contributed by atoms with E-state index in [-0.39, 0.29) is 18.2 Å². The van der Waals surface area contributed by atoms with Crippen LogP contribution in [0.3, 0.4) is 0 Å². The second-order valence-corrected chi connectivity index (χ2v) is 6.56. The molecule has 1 aliphatic heterocycles. The second kappa shape index (κ2) is 8.35. The van der Waals surface area contributed by atoms with Crippen LogP contribution >= 0.6 is 0 Å².